The van der Waals surface area contributed by atoms with Crippen molar-refractivity contribution in [3.63, 3.8) is 0 Å². The molecule has 0 aliphatic carbocycles. The quantitative estimate of drug-likeness (QED) is 0.229. The average Bonchev–Trinajstić information content (AvgIpc) is 2.77. The zero-order chi connectivity index (χ0) is 24.3. The molecule has 186 valence electrons. The summed E-state index contributed by atoms with van der Waals surface area (Å²) in [6.07, 6.45) is -1.68. The molecule has 0 N–H and O–H groups in total. The summed E-state index contributed by atoms with van der Waals surface area (Å²) in [5, 5.41) is 0. The number of rotatable bonds is 18. The summed E-state index contributed by atoms with van der Waals surface area (Å²) in [6.45, 7) is 17.8. The lowest BCUT2D eigenvalue weighted by atomic mass is 10.2. The van der Waals surface area contributed by atoms with Crippen molar-refractivity contribution in [2.24, 2.45) is 0 Å². The molecule has 8 heteroatoms. The molecule has 0 rings (SSSR count). The van der Waals surface area contributed by atoms with Crippen molar-refractivity contribution >= 4 is 0 Å². The van der Waals surface area contributed by atoms with Crippen molar-refractivity contribution in [1.29, 1.82) is 0 Å². The van der Waals surface area contributed by atoms with Gasteiger partial charge in [0.2, 0.25) is 12.6 Å². The van der Waals surface area contributed by atoms with Crippen LogP contribution in [-0.2, 0) is 37.9 Å². The van der Waals surface area contributed by atoms with E-state index in [0.717, 1.165) is 0 Å². The van der Waals surface area contributed by atoms with E-state index in [9.17, 15) is 0 Å². The van der Waals surface area contributed by atoms with Crippen LogP contribution in [-0.4, -0.2) is 77.0 Å². The van der Waals surface area contributed by atoms with Crippen LogP contribution in [0.3, 0.4) is 0 Å². The van der Waals surface area contributed by atoms with Crippen LogP contribution in [0, 0.1) is 23.7 Å². The van der Waals surface area contributed by atoms with Gasteiger partial charge < -0.3 is 37.9 Å². The third kappa shape index (κ3) is 9.74. The van der Waals surface area contributed by atoms with Crippen molar-refractivity contribution in [2.45, 2.75) is 79.5 Å². The Labute approximate surface area is 194 Å². The number of hydrogen-bond acceptors (Lipinski definition) is 8. The lowest BCUT2D eigenvalue weighted by Crippen LogP contribution is -2.50. The van der Waals surface area contributed by atoms with E-state index in [4.69, 9.17) is 37.9 Å². The molecule has 0 saturated heterocycles. The standard InChI is InChI=1S/C24H42O8/c1-9-25-21(26-10-2)23(29-13-5,30-14-6)19-17-18-20-24(31-15-7,32-16-8)22(27-11-3)28-12-4/h21-22H,9-16H2,1-8H3. The summed E-state index contributed by atoms with van der Waals surface area (Å²) in [5.41, 5.74) is 0. The Hall–Kier alpha value is -1.20. The minimum atomic E-state index is -1.43. The van der Waals surface area contributed by atoms with Gasteiger partial charge in [-0.1, -0.05) is 0 Å². The predicted octanol–water partition coefficient (Wildman–Crippen LogP) is 3.33. The second kappa shape index (κ2) is 18.3. The van der Waals surface area contributed by atoms with Crippen LogP contribution in [0.1, 0.15) is 55.4 Å². The largest absolute Gasteiger partial charge is 0.347 e. The highest BCUT2D eigenvalue weighted by Gasteiger charge is 2.43. The Morgan fingerprint density at radius 1 is 0.438 bits per heavy atom. The monoisotopic (exact) mass is 458 g/mol. The highest BCUT2D eigenvalue weighted by Crippen LogP contribution is 2.24. The van der Waals surface area contributed by atoms with Crippen LogP contribution in [0.5, 0.6) is 0 Å². The van der Waals surface area contributed by atoms with Gasteiger partial charge in [-0.05, 0) is 79.1 Å². The summed E-state index contributed by atoms with van der Waals surface area (Å²) in [4.78, 5) is 0. The van der Waals surface area contributed by atoms with E-state index in [1.165, 1.54) is 0 Å². The van der Waals surface area contributed by atoms with E-state index < -0.39 is 24.2 Å². The van der Waals surface area contributed by atoms with Gasteiger partial charge in [0, 0.05) is 52.9 Å². The van der Waals surface area contributed by atoms with E-state index in [0.29, 0.717) is 52.9 Å². The number of ether oxygens (including phenoxy) is 8. The Balaban J connectivity index is 6.28. The number of hydrogen-bond donors (Lipinski definition) is 0. The molecule has 0 spiro atoms. The van der Waals surface area contributed by atoms with E-state index in [1.807, 2.05) is 55.4 Å². The first-order valence-electron chi connectivity index (χ1n) is 11.6. The van der Waals surface area contributed by atoms with Crippen LogP contribution >= 0.6 is 0 Å². The normalized spacial score (nSPS) is 11.9. The minimum absolute atomic E-state index is 0.345. The third-order valence-electron chi connectivity index (χ3n) is 3.86. The third-order valence-corrected chi connectivity index (χ3v) is 3.86. The second-order valence-corrected chi connectivity index (χ2v) is 6.05. The molecule has 0 aliphatic heterocycles. The summed E-state index contributed by atoms with van der Waals surface area (Å²) >= 11 is 0. The van der Waals surface area contributed by atoms with Crippen molar-refractivity contribution < 1.29 is 37.9 Å². The van der Waals surface area contributed by atoms with E-state index in [1.54, 1.807) is 0 Å². The molecule has 8 nitrogen and oxygen atoms in total. The first kappa shape index (κ1) is 30.8. The maximum absolute atomic E-state index is 5.86. The highest BCUT2D eigenvalue weighted by atomic mass is 16.8. The fourth-order valence-electron chi connectivity index (χ4n) is 2.85. The Morgan fingerprint density at radius 3 is 0.875 bits per heavy atom. The van der Waals surface area contributed by atoms with Crippen molar-refractivity contribution in [3.05, 3.63) is 0 Å². The van der Waals surface area contributed by atoms with Gasteiger partial charge in [-0.15, -0.1) is 0 Å². The first-order valence-corrected chi connectivity index (χ1v) is 11.6. The Morgan fingerprint density at radius 2 is 0.688 bits per heavy atom. The molecule has 32 heavy (non-hydrogen) atoms. The van der Waals surface area contributed by atoms with Gasteiger partial charge in [0.05, 0.1) is 0 Å². The van der Waals surface area contributed by atoms with Crippen LogP contribution in [0.15, 0.2) is 0 Å². The molecule has 0 aromatic rings. The van der Waals surface area contributed by atoms with Gasteiger partial charge in [-0.2, -0.15) is 0 Å². The molecule has 0 amide bonds. The molecule has 0 atom stereocenters. The molecule has 0 heterocycles. The van der Waals surface area contributed by atoms with Gasteiger partial charge in [0.15, 0.2) is 0 Å². The van der Waals surface area contributed by atoms with Gasteiger partial charge in [-0.3, -0.25) is 0 Å². The van der Waals surface area contributed by atoms with E-state index >= 15 is 0 Å². The van der Waals surface area contributed by atoms with Crippen LogP contribution in [0.25, 0.3) is 0 Å². The lowest BCUT2D eigenvalue weighted by molar-refractivity contribution is -0.321. The van der Waals surface area contributed by atoms with Crippen LogP contribution < -0.4 is 0 Å². The van der Waals surface area contributed by atoms with Crippen LogP contribution in [0.4, 0.5) is 0 Å². The smallest absolute Gasteiger partial charge is 0.287 e. The molecule has 0 aromatic carbocycles. The zero-order valence-corrected chi connectivity index (χ0v) is 21.1. The van der Waals surface area contributed by atoms with Gasteiger partial charge in [0.25, 0.3) is 11.6 Å². The topological polar surface area (TPSA) is 73.8 Å². The molecule has 0 unspecified atom stereocenters. The Bertz CT molecular complexity index is 510. The molecule has 0 radical (unpaired) electrons. The van der Waals surface area contributed by atoms with E-state index in [2.05, 4.69) is 23.7 Å². The lowest BCUT2D eigenvalue weighted by Gasteiger charge is -2.34. The fourth-order valence-corrected chi connectivity index (χ4v) is 2.85. The first-order chi connectivity index (χ1) is 15.5. The molecule has 0 fully saturated rings. The maximum Gasteiger partial charge on any atom is 0.287 e. The van der Waals surface area contributed by atoms with Crippen molar-refractivity contribution in [1.82, 2.24) is 0 Å². The van der Waals surface area contributed by atoms with Crippen molar-refractivity contribution in [3.8, 4) is 23.7 Å². The molecule has 0 bridgehead atoms. The van der Waals surface area contributed by atoms with Crippen LogP contribution in [0.2, 0.25) is 0 Å². The highest BCUT2D eigenvalue weighted by molar-refractivity contribution is 5.32. The minimum Gasteiger partial charge on any atom is -0.347 e. The molecular formula is C24H42O8. The fraction of sp³-hybridized carbons (Fsp3) is 0.833. The Kier molecular flexibility index (Phi) is 17.6. The predicted molar refractivity (Wildman–Crippen MR) is 122 cm³/mol. The molecular weight excluding hydrogens is 416 g/mol. The summed E-state index contributed by atoms with van der Waals surface area (Å²) in [7, 11) is 0. The van der Waals surface area contributed by atoms with Gasteiger partial charge in [-0.25, -0.2) is 0 Å². The summed E-state index contributed by atoms with van der Waals surface area (Å²) < 4.78 is 46.3. The molecule has 0 aromatic heterocycles. The van der Waals surface area contributed by atoms with E-state index in [-0.39, 0.29) is 0 Å². The molecule has 0 aliphatic rings. The van der Waals surface area contributed by atoms with Crippen molar-refractivity contribution in [2.75, 3.05) is 52.9 Å². The van der Waals surface area contributed by atoms with Gasteiger partial charge >= 0.3 is 0 Å². The summed E-state index contributed by atoms with van der Waals surface area (Å²) in [6, 6.07) is 0. The average molecular weight is 459 g/mol. The SMILES string of the molecule is CCOC(OCC)C(C#CC#CC(OCC)(OCC)C(OCC)OCC)(OCC)OCC. The summed E-state index contributed by atoms with van der Waals surface area (Å²) in [5.74, 6) is 8.68. The second-order valence-electron chi connectivity index (χ2n) is 6.05. The van der Waals surface area contributed by atoms with Gasteiger partial charge in [0.1, 0.15) is 0 Å². The maximum atomic E-state index is 5.86. The zero-order valence-electron chi connectivity index (χ0n) is 21.1. The molecule has 0 saturated carbocycles.